The second-order valence-corrected chi connectivity index (χ2v) is 6.80. The van der Waals surface area contributed by atoms with Gasteiger partial charge in [-0.25, -0.2) is 0 Å². The maximum Gasteiger partial charge on any atom is 0.195 e. The molecule has 1 atom stereocenters. The lowest BCUT2D eigenvalue weighted by atomic mass is 10.0. The molecule has 2 aromatic carbocycles. The van der Waals surface area contributed by atoms with Gasteiger partial charge in [-0.3, -0.25) is 14.5 Å². The molecule has 2 aromatic rings. The zero-order chi connectivity index (χ0) is 19.8. The Balaban J connectivity index is 0.000000208. The Hall–Kier alpha value is -2.21. The molecule has 0 spiro atoms. The molecule has 1 aliphatic heterocycles. The maximum absolute atomic E-state index is 12.1. The van der Waals surface area contributed by atoms with Crippen LogP contribution in [0.3, 0.4) is 0 Å². The van der Waals surface area contributed by atoms with Crippen molar-refractivity contribution in [2.75, 3.05) is 32.0 Å². The van der Waals surface area contributed by atoms with Crippen LogP contribution in [0.15, 0.2) is 48.5 Å². The lowest BCUT2D eigenvalue weighted by Gasteiger charge is -2.30. The van der Waals surface area contributed by atoms with E-state index >= 15 is 0 Å². The molecule has 0 bridgehead atoms. The number of carbonyl (C=O) groups excluding carboxylic acids is 2. The third-order valence-corrected chi connectivity index (χ3v) is 4.71. The highest BCUT2D eigenvalue weighted by molar-refractivity contribution is 6.31. The molecule has 1 aliphatic rings. The highest BCUT2D eigenvalue weighted by atomic mass is 35.5. The van der Waals surface area contributed by atoms with E-state index in [1.54, 1.807) is 37.3 Å². The summed E-state index contributed by atoms with van der Waals surface area (Å²) in [6, 6.07) is 14.0. The first-order valence-corrected chi connectivity index (χ1v) is 9.25. The second-order valence-electron chi connectivity index (χ2n) is 6.36. The molecule has 1 unspecified atom stereocenters. The van der Waals surface area contributed by atoms with E-state index in [0.29, 0.717) is 21.8 Å². The number of morpholine rings is 1. The molecule has 0 amide bonds. The van der Waals surface area contributed by atoms with Crippen LogP contribution < -0.4 is 5.73 Å². The number of benzene rings is 2. The minimum atomic E-state index is -0.0882. The smallest absolute Gasteiger partial charge is 0.195 e. The van der Waals surface area contributed by atoms with Crippen molar-refractivity contribution in [2.45, 2.75) is 19.9 Å². The SMILES string of the molecule is CC(=O)C(C)N1CCOCC1.Nc1cc(Cl)ccc1C(=O)c1ccccc1. The van der Waals surface area contributed by atoms with Crippen LogP contribution in [-0.4, -0.2) is 48.8 Å². The molecular formula is C21H25ClN2O3. The van der Waals surface area contributed by atoms with E-state index in [1.807, 2.05) is 25.1 Å². The molecular weight excluding hydrogens is 364 g/mol. The molecule has 1 fully saturated rings. The van der Waals surface area contributed by atoms with Gasteiger partial charge in [-0.15, -0.1) is 0 Å². The number of ether oxygens (including phenoxy) is 1. The van der Waals surface area contributed by atoms with Gasteiger partial charge < -0.3 is 10.5 Å². The Labute approximate surface area is 165 Å². The number of hydrogen-bond donors (Lipinski definition) is 1. The van der Waals surface area contributed by atoms with Gasteiger partial charge in [0.1, 0.15) is 5.78 Å². The van der Waals surface area contributed by atoms with Crippen LogP contribution in [0.2, 0.25) is 5.02 Å². The molecule has 0 saturated carbocycles. The lowest BCUT2D eigenvalue weighted by molar-refractivity contribution is -0.123. The molecule has 3 rings (SSSR count). The number of hydrogen-bond acceptors (Lipinski definition) is 5. The molecule has 0 radical (unpaired) electrons. The van der Waals surface area contributed by atoms with Crippen molar-refractivity contribution in [2.24, 2.45) is 0 Å². The normalized spacial score (nSPS) is 15.4. The standard InChI is InChI=1S/C13H10ClNO.C8H15NO2/c14-10-6-7-11(12(15)8-10)13(16)9-4-2-1-3-5-9;1-7(8(2)10)9-3-5-11-6-4-9/h1-8H,15H2;7H,3-6H2,1-2H3. The van der Waals surface area contributed by atoms with E-state index in [0.717, 1.165) is 26.3 Å². The number of ketones is 2. The van der Waals surface area contributed by atoms with E-state index < -0.39 is 0 Å². The average molecular weight is 389 g/mol. The summed E-state index contributed by atoms with van der Waals surface area (Å²) in [5.41, 5.74) is 7.26. The molecule has 144 valence electrons. The summed E-state index contributed by atoms with van der Waals surface area (Å²) >= 11 is 5.78. The fraction of sp³-hybridized carbons (Fsp3) is 0.333. The Morgan fingerprint density at radius 3 is 2.30 bits per heavy atom. The third-order valence-electron chi connectivity index (χ3n) is 4.48. The molecule has 1 heterocycles. The van der Waals surface area contributed by atoms with Gasteiger partial charge in [0.15, 0.2) is 5.78 Å². The van der Waals surface area contributed by atoms with Crippen LogP contribution in [0.1, 0.15) is 29.8 Å². The van der Waals surface area contributed by atoms with E-state index in [2.05, 4.69) is 4.90 Å². The first-order chi connectivity index (χ1) is 12.9. The summed E-state index contributed by atoms with van der Waals surface area (Å²) in [4.78, 5) is 25.2. The number of nitrogen functional groups attached to an aromatic ring is 1. The zero-order valence-corrected chi connectivity index (χ0v) is 16.4. The maximum atomic E-state index is 12.1. The fourth-order valence-electron chi connectivity index (χ4n) is 2.71. The number of anilines is 1. The van der Waals surface area contributed by atoms with Gasteiger partial charge in [0, 0.05) is 34.9 Å². The van der Waals surface area contributed by atoms with Gasteiger partial charge in [0.05, 0.1) is 19.3 Å². The molecule has 27 heavy (non-hydrogen) atoms. The summed E-state index contributed by atoms with van der Waals surface area (Å²) < 4.78 is 5.18. The number of halogens is 1. The Morgan fingerprint density at radius 2 is 1.74 bits per heavy atom. The molecule has 0 aromatic heterocycles. The monoisotopic (exact) mass is 388 g/mol. The van der Waals surface area contributed by atoms with Gasteiger partial charge in [-0.05, 0) is 32.0 Å². The van der Waals surface area contributed by atoms with Crippen LogP contribution in [0.4, 0.5) is 5.69 Å². The second kappa shape index (κ2) is 10.2. The highest BCUT2D eigenvalue weighted by Crippen LogP contribution is 2.20. The molecule has 6 heteroatoms. The Morgan fingerprint density at radius 1 is 1.11 bits per heavy atom. The number of Topliss-reactive ketones (excluding diaryl/α,β-unsaturated/α-hetero) is 1. The van der Waals surface area contributed by atoms with Gasteiger partial charge in [-0.2, -0.15) is 0 Å². The van der Waals surface area contributed by atoms with E-state index in [9.17, 15) is 9.59 Å². The molecule has 0 aliphatic carbocycles. The first kappa shape index (κ1) is 21.1. The minimum Gasteiger partial charge on any atom is -0.398 e. The topological polar surface area (TPSA) is 72.6 Å². The van der Waals surface area contributed by atoms with Crippen LogP contribution in [0.25, 0.3) is 0 Å². The van der Waals surface area contributed by atoms with E-state index in [4.69, 9.17) is 22.1 Å². The quantitative estimate of drug-likeness (QED) is 0.641. The van der Waals surface area contributed by atoms with Gasteiger partial charge in [0.2, 0.25) is 0 Å². The van der Waals surface area contributed by atoms with Crippen molar-refractivity contribution in [1.82, 2.24) is 4.90 Å². The number of nitrogens with zero attached hydrogens (tertiary/aromatic N) is 1. The van der Waals surface area contributed by atoms with Crippen LogP contribution >= 0.6 is 11.6 Å². The number of carbonyl (C=O) groups is 2. The zero-order valence-electron chi connectivity index (χ0n) is 15.7. The van der Waals surface area contributed by atoms with Crippen LogP contribution in [-0.2, 0) is 9.53 Å². The van der Waals surface area contributed by atoms with Crippen LogP contribution in [0.5, 0.6) is 0 Å². The van der Waals surface area contributed by atoms with Gasteiger partial charge in [0.25, 0.3) is 0 Å². The average Bonchev–Trinajstić information content (AvgIpc) is 2.69. The van der Waals surface area contributed by atoms with Crippen molar-refractivity contribution in [3.05, 3.63) is 64.7 Å². The number of nitrogens with two attached hydrogens (primary N) is 1. The van der Waals surface area contributed by atoms with Gasteiger partial charge >= 0.3 is 0 Å². The molecule has 1 saturated heterocycles. The molecule has 2 N–H and O–H groups in total. The summed E-state index contributed by atoms with van der Waals surface area (Å²) in [5, 5.41) is 0.530. The van der Waals surface area contributed by atoms with Crippen molar-refractivity contribution in [1.29, 1.82) is 0 Å². The van der Waals surface area contributed by atoms with Crippen molar-refractivity contribution >= 4 is 28.9 Å². The predicted molar refractivity (Wildman–Crippen MR) is 108 cm³/mol. The summed E-state index contributed by atoms with van der Waals surface area (Å²) in [6.45, 7) is 6.89. The van der Waals surface area contributed by atoms with Crippen molar-refractivity contribution < 1.29 is 14.3 Å². The molecule has 5 nitrogen and oxygen atoms in total. The minimum absolute atomic E-state index is 0.0684. The van der Waals surface area contributed by atoms with Crippen LogP contribution in [0, 0.1) is 0 Å². The third kappa shape index (κ3) is 6.17. The highest BCUT2D eigenvalue weighted by Gasteiger charge is 2.19. The van der Waals surface area contributed by atoms with Gasteiger partial charge in [-0.1, -0.05) is 41.9 Å². The van der Waals surface area contributed by atoms with E-state index in [1.165, 1.54) is 0 Å². The largest absolute Gasteiger partial charge is 0.398 e. The summed E-state index contributed by atoms with van der Waals surface area (Å²) in [6.07, 6.45) is 0. The lowest BCUT2D eigenvalue weighted by Crippen LogP contribution is -2.45. The van der Waals surface area contributed by atoms with Crippen molar-refractivity contribution in [3.8, 4) is 0 Å². The first-order valence-electron chi connectivity index (χ1n) is 8.87. The summed E-state index contributed by atoms with van der Waals surface area (Å²) in [7, 11) is 0. The Kier molecular flexibility index (Phi) is 7.98. The summed E-state index contributed by atoms with van der Waals surface area (Å²) in [5.74, 6) is 0.154. The van der Waals surface area contributed by atoms with E-state index in [-0.39, 0.29) is 17.6 Å². The number of rotatable bonds is 4. The Bertz CT molecular complexity index is 774. The predicted octanol–water partition coefficient (Wildman–Crippen LogP) is 3.45. The van der Waals surface area contributed by atoms with Crippen molar-refractivity contribution in [3.63, 3.8) is 0 Å². The fourth-order valence-corrected chi connectivity index (χ4v) is 2.89.